The molecular formula is C19H25N3O2. The predicted molar refractivity (Wildman–Crippen MR) is 95.7 cm³/mol. The van der Waals surface area contributed by atoms with Gasteiger partial charge < -0.3 is 20.4 Å². The summed E-state index contributed by atoms with van der Waals surface area (Å²) in [5.74, 6) is 0. The monoisotopic (exact) mass is 327 g/mol. The number of nitrogens with zero attached hydrogens (tertiary/aromatic N) is 1. The number of aliphatic hydroxyl groups is 2. The van der Waals surface area contributed by atoms with Crippen LogP contribution in [0.1, 0.15) is 24.1 Å². The summed E-state index contributed by atoms with van der Waals surface area (Å²) in [5.41, 5.74) is 3.16. The summed E-state index contributed by atoms with van der Waals surface area (Å²) in [4.78, 5) is 1.86. The normalized spacial score (nSPS) is 25.0. The minimum Gasteiger partial charge on any atom is -0.392 e. The van der Waals surface area contributed by atoms with Gasteiger partial charge in [-0.2, -0.15) is 0 Å². The van der Waals surface area contributed by atoms with Crippen molar-refractivity contribution in [2.24, 2.45) is 0 Å². The summed E-state index contributed by atoms with van der Waals surface area (Å²) >= 11 is 0. The molecule has 3 rings (SSSR count). The highest BCUT2D eigenvalue weighted by Gasteiger charge is 2.34. The first-order valence-corrected chi connectivity index (χ1v) is 8.31. The quantitative estimate of drug-likeness (QED) is 0.684. The molecule has 1 aliphatic rings. The van der Waals surface area contributed by atoms with Gasteiger partial charge in [-0.25, -0.2) is 0 Å². The number of likely N-dealkylation sites (N-methyl/N-ethyl adjacent to an activating group) is 1. The Morgan fingerprint density at radius 3 is 2.46 bits per heavy atom. The molecule has 0 bridgehead atoms. The van der Waals surface area contributed by atoms with Gasteiger partial charge in [-0.3, -0.25) is 5.32 Å². The summed E-state index contributed by atoms with van der Waals surface area (Å²) in [6.07, 6.45) is -1.67. The number of para-hydroxylation sites is 1. The standard InChI is InChI=1S/C19H25N3O2/c1-13(23)12-22-16-11-7-6-10-15(16)17(14-8-4-3-5-9-14)21-18(20-2)19(22)24/h3-11,13,17-21,23-24H,12H2,1-2H3. The number of fused-ring (bicyclic) bond motifs is 1. The van der Waals surface area contributed by atoms with Crippen LogP contribution in [0.25, 0.3) is 0 Å². The summed E-state index contributed by atoms with van der Waals surface area (Å²) < 4.78 is 0. The van der Waals surface area contributed by atoms with Gasteiger partial charge in [0.1, 0.15) is 6.17 Å². The third kappa shape index (κ3) is 3.30. The Bertz CT molecular complexity index is 663. The van der Waals surface area contributed by atoms with Crippen LogP contribution in [0.15, 0.2) is 54.6 Å². The van der Waals surface area contributed by atoms with Gasteiger partial charge in [0, 0.05) is 12.2 Å². The van der Waals surface area contributed by atoms with Crippen molar-refractivity contribution in [3.63, 3.8) is 0 Å². The average molecular weight is 327 g/mol. The maximum Gasteiger partial charge on any atom is 0.155 e. The molecule has 5 nitrogen and oxygen atoms in total. The lowest BCUT2D eigenvalue weighted by Crippen LogP contribution is -2.56. The van der Waals surface area contributed by atoms with Gasteiger partial charge in [0.05, 0.1) is 12.1 Å². The van der Waals surface area contributed by atoms with E-state index in [2.05, 4.69) is 28.8 Å². The topological polar surface area (TPSA) is 67.8 Å². The van der Waals surface area contributed by atoms with Crippen molar-refractivity contribution in [3.05, 3.63) is 65.7 Å². The Morgan fingerprint density at radius 1 is 1.12 bits per heavy atom. The molecule has 0 fully saturated rings. The van der Waals surface area contributed by atoms with Crippen LogP contribution in [0.3, 0.4) is 0 Å². The summed E-state index contributed by atoms with van der Waals surface area (Å²) in [6, 6.07) is 18.2. The smallest absolute Gasteiger partial charge is 0.155 e. The van der Waals surface area contributed by atoms with E-state index in [0.29, 0.717) is 6.54 Å². The van der Waals surface area contributed by atoms with E-state index in [0.717, 1.165) is 16.8 Å². The molecule has 2 aromatic rings. The molecule has 0 amide bonds. The molecule has 0 radical (unpaired) electrons. The fraction of sp³-hybridized carbons (Fsp3) is 0.368. The number of benzene rings is 2. The number of hydrogen-bond acceptors (Lipinski definition) is 5. The lowest BCUT2D eigenvalue weighted by atomic mass is 9.97. The first-order valence-electron chi connectivity index (χ1n) is 8.31. The fourth-order valence-corrected chi connectivity index (χ4v) is 3.32. The fourth-order valence-electron chi connectivity index (χ4n) is 3.32. The Hall–Kier alpha value is -1.92. The van der Waals surface area contributed by atoms with Crippen molar-refractivity contribution in [2.75, 3.05) is 18.5 Å². The van der Waals surface area contributed by atoms with Crippen LogP contribution in [0.5, 0.6) is 0 Å². The van der Waals surface area contributed by atoms with Gasteiger partial charge in [-0.05, 0) is 31.2 Å². The summed E-state index contributed by atoms with van der Waals surface area (Å²) in [5, 5.41) is 27.4. The van der Waals surface area contributed by atoms with Crippen molar-refractivity contribution < 1.29 is 10.2 Å². The van der Waals surface area contributed by atoms with Gasteiger partial charge in [-0.15, -0.1) is 0 Å². The highest BCUT2D eigenvalue weighted by molar-refractivity contribution is 5.59. The molecule has 24 heavy (non-hydrogen) atoms. The van der Waals surface area contributed by atoms with Crippen LogP contribution in [0.4, 0.5) is 5.69 Å². The summed E-state index contributed by atoms with van der Waals surface area (Å²) in [7, 11) is 1.82. The molecule has 0 spiro atoms. The van der Waals surface area contributed by atoms with Crippen LogP contribution < -0.4 is 15.5 Å². The maximum absolute atomic E-state index is 10.9. The summed E-state index contributed by atoms with van der Waals surface area (Å²) in [6.45, 7) is 2.09. The SMILES string of the molecule is CNC1NC(c2ccccc2)c2ccccc2N(CC(C)O)C1O. The molecule has 0 aromatic heterocycles. The minimum absolute atomic E-state index is 0.0477. The van der Waals surface area contributed by atoms with Gasteiger partial charge in [0.25, 0.3) is 0 Å². The van der Waals surface area contributed by atoms with Gasteiger partial charge >= 0.3 is 0 Å². The second-order valence-electron chi connectivity index (χ2n) is 6.25. The third-order valence-electron chi connectivity index (χ3n) is 4.43. The van der Waals surface area contributed by atoms with Crippen LogP contribution in [-0.4, -0.2) is 42.3 Å². The molecule has 1 aliphatic heterocycles. The zero-order valence-electron chi connectivity index (χ0n) is 14.1. The molecule has 2 aromatic carbocycles. The first kappa shape index (κ1) is 16.9. The third-order valence-corrected chi connectivity index (χ3v) is 4.43. The molecule has 4 N–H and O–H groups in total. The van der Waals surface area contributed by atoms with Gasteiger partial charge in [0.15, 0.2) is 6.23 Å². The lowest BCUT2D eigenvalue weighted by molar-refractivity contribution is 0.0957. The van der Waals surface area contributed by atoms with E-state index in [4.69, 9.17) is 0 Å². The molecule has 4 unspecified atom stereocenters. The maximum atomic E-state index is 10.9. The molecule has 0 saturated carbocycles. The number of rotatable bonds is 4. The van der Waals surface area contributed by atoms with E-state index < -0.39 is 12.3 Å². The second-order valence-corrected chi connectivity index (χ2v) is 6.25. The largest absolute Gasteiger partial charge is 0.392 e. The van der Waals surface area contributed by atoms with Gasteiger partial charge in [0.2, 0.25) is 0 Å². The van der Waals surface area contributed by atoms with Crippen LogP contribution >= 0.6 is 0 Å². The van der Waals surface area contributed by atoms with Gasteiger partial charge in [-0.1, -0.05) is 48.5 Å². The molecule has 128 valence electrons. The highest BCUT2D eigenvalue weighted by Crippen LogP contribution is 2.35. The van der Waals surface area contributed by atoms with Crippen LogP contribution in [-0.2, 0) is 0 Å². The zero-order valence-corrected chi connectivity index (χ0v) is 14.1. The number of hydrogen-bond donors (Lipinski definition) is 4. The van der Waals surface area contributed by atoms with E-state index in [1.54, 1.807) is 6.92 Å². The van der Waals surface area contributed by atoms with E-state index in [1.807, 2.05) is 48.3 Å². The van der Waals surface area contributed by atoms with Crippen molar-refractivity contribution in [3.8, 4) is 0 Å². The molecule has 1 heterocycles. The van der Waals surface area contributed by atoms with Crippen molar-refractivity contribution >= 4 is 5.69 Å². The Labute approximate surface area is 142 Å². The van der Waals surface area contributed by atoms with Crippen LogP contribution in [0, 0.1) is 0 Å². The van der Waals surface area contributed by atoms with E-state index in [1.165, 1.54) is 0 Å². The Balaban J connectivity index is 2.11. The number of nitrogens with one attached hydrogen (secondary N) is 2. The zero-order chi connectivity index (χ0) is 17.1. The number of anilines is 1. The van der Waals surface area contributed by atoms with Crippen molar-refractivity contribution in [2.45, 2.75) is 31.5 Å². The minimum atomic E-state index is -0.792. The van der Waals surface area contributed by atoms with E-state index in [9.17, 15) is 10.2 Å². The number of β-amino-alcohol motifs (C(OH)–C–C–N with tert-alkyl or cyclic N) is 1. The Morgan fingerprint density at radius 2 is 1.79 bits per heavy atom. The highest BCUT2D eigenvalue weighted by atomic mass is 16.3. The predicted octanol–water partition coefficient (Wildman–Crippen LogP) is 1.43. The average Bonchev–Trinajstić information content (AvgIpc) is 2.71. The molecular weight excluding hydrogens is 302 g/mol. The van der Waals surface area contributed by atoms with E-state index in [-0.39, 0.29) is 12.2 Å². The second kappa shape index (κ2) is 7.32. The Kier molecular flexibility index (Phi) is 5.16. The lowest BCUT2D eigenvalue weighted by Gasteiger charge is -2.34. The van der Waals surface area contributed by atoms with Crippen molar-refractivity contribution in [1.29, 1.82) is 0 Å². The molecule has 4 atom stereocenters. The number of aliphatic hydroxyl groups excluding tert-OH is 2. The molecule has 0 saturated heterocycles. The van der Waals surface area contributed by atoms with E-state index >= 15 is 0 Å². The van der Waals surface area contributed by atoms with Crippen molar-refractivity contribution in [1.82, 2.24) is 10.6 Å². The molecule has 5 heteroatoms. The molecule has 0 aliphatic carbocycles. The van der Waals surface area contributed by atoms with Crippen LogP contribution in [0.2, 0.25) is 0 Å². The first-order chi connectivity index (χ1) is 11.6.